The van der Waals surface area contributed by atoms with Gasteiger partial charge in [-0.2, -0.15) is 0 Å². The van der Waals surface area contributed by atoms with Gasteiger partial charge in [-0.05, 0) is 49.4 Å². The fourth-order valence-corrected chi connectivity index (χ4v) is 2.95. The smallest absolute Gasteiger partial charge is 0.247 e. The quantitative estimate of drug-likeness (QED) is 0.623. The minimum Gasteiger partial charge on any atom is -0.335 e. The second-order valence-corrected chi connectivity index (χ2v) is 6.50. The molecule has 1 atom stereocenters. The number of nitrogens with one attached hydrogen (secondary N) is 1. The summed E-state index contributed by atoms with van der Waals surface area (Å²) < 4.78 is 1.89. The van der Waals surface area contributed by atoms with Crippen LogP contribution in [-0.2, 0) is 4.79 Å². The first kappa shape index (κ1) is 16.2. The number of hydrogen-bond donors (Lipinski definition) is 1. The van der Waals surface area contributed by atoms with Crippen LogP contribution in [0.15, 0.2) is 48.7 Å². The molecule has 1 heterocycles. The van der Waals surface area contributed by atoms with Gasteiger partial charge in [0.25, 0.3) is 0 Å². The van der Waals surface area contributed by atoms with E-state index >= 15 is 0 Å². The molecule has 3 nitrogen and oxygen atoms in total. The molecule has 3 aromatic rings. The lowest BCUT2D eigenvalue weighted by Gasteiger charge is -2.16. The number of carbonyl (C=O) groups is 1. The topological polar surface area (TPSA) is 34.0 Å². The number of nitrogens with zero attached hydrogens (tertiary/aromatic N) is 1. The van der Waals surface area contributed by atoms with Crippen LogP contribution in [0.3, 0.4) is 0 Å². The molecular weight excluding hydrogens is 355 g/mol. The van der Waals surface area contributed by atoms with Crippen LogP contribution >= 0.6 is 34.8 Å². The molecule has 1 unspecified atom stereocenters. The average Bonchev–Trinajstić information content (AvgIpc) is 2.93. The lowest BCUT2D eigenvalue weighted by Crippen LogP contribution is -2.23. The Morgan fingerprint density at radius 2 is 1.74 bits per heavy atom. The predicted molar refractivity (Wildman–Crippen MR) is 96.8 cm³/mol. The first-order valence-electron chi connectivity index (χ1n) is 6.98. The molecular formula is C17H13Cl3N2O. The third kappa shape index (κ3) is 3.32. The van der Waals surface area contributed by atoms with E-state index in [4.69, 9.17) is 34.8 Å². The molecule has 0 bridgehead atoms. The minimum atomic E-state index is -0.413. The summed E-state index contributed by atoms with van der Waals surface area (Å²) in [7, 11) is 0. The summed E-state index contributed by atoms with van der Waals surface area (Å²) in [5.41, 5.74) is 1.43. The van der Waals surface area contributed by atoms with Crippen molar-refractivity contribution in [2.75, 3.05) is 5.32 Å². The summed E-state index contributed by atoms with van der Waals surface area (Å²) in [6.07, 6.45) is 1.87. The first-order valence-corrected chi connectivity index (χ1v) is 8.11. The second-order valence-electron chi connectivity index (χ2n) is 5.22. The van der Waals surface area contributed by atoms with E-state index in [0.717, 1.165) is 10.9 Å². The number of carbonyl (C=O) groups excluding carboxylic acids is 1. The number of aromatic nitrogens is 1. The van der Waals surface area contributed by atoms with E-state index in [-0.39, 0.29) is 5.91 Å². The van der Waals surface area contributed by atoms with Gasteiger partial charge in [0.05, 0.1) is 10.7 Å². The van der Waals surface area contributed by atoms with E-state index < -0.39 is 6.04 Å². The van der Waals surface area contributed by atoms with E-state index in [2.05, 4.69) is 5.32 Å². The van der Waals surface area contributed by atoms with Crippen LogP contribution < -0.4 is 5.32 Å². The van der Waals surface area contributed by atoms with Crippen molar-refractivity contribution in [1.82, 2.24) is 4.57 Å². The molecule has 0 aliphatic rings. The fourth-order valence-electron chi connectivity index (χ4n) is 2.43. The number of rotatable bonds is 3. The summed E-state index contributed by atoms with van der Waals surface area (Å²) in [5, 5.41) is 5.42. The van der Waals surface area contributed by atoms with Crippen molar-refractivity contribution in [2.45, 2.75) is 13.0 Å². The molecule has 0 fully saturated rings. The van der Waals surface area contributed by atoms with Crippen LogP contribution in [0.1, 0.15) is 13.0 Å². The molecule has 0 aliphatic carbocycles. The normalized spacial score (nSPS) is 12.3. The second kappa shape index (κ2) is 6.44. The van der Waals surface area contributed by atoms with Gasteiger partial charge in [-0.15, -0.1) is 0 Å². The van der Waals surface area contributed by atoms with Crippen LogP contribution in [0.25, 0.3) is 10.9 Å². The van der Waals surface area contributed by atoms with E-state index in [1.54, 1.807) is 24.3 Å². The third-order valence-corrected chi connectivity index (χ3v) is 4.47. The van der Waals surface area contributed by atoms with Gasteiger partial charge in [0, 0.05) is 27.1 Å². The van der Waals surface area contributed by atoms with E-state index in [9.17, 15) is 4.79 Å². The Kier molecular flexibility index (Phi) is 4.53. The largest absolute Gasteiger partial charge is 0.335 e. The van der Waals surface area contributed by atoms with Crippen LogP contribution in [0, 0.1) is 0 Å². The summed E-state index contributed by atoms with van der Waals surface area (Å²) in [6, 6.07) is 12.0. The van der Waals surface area contributed by atoms with Crippen molar-refractivity contribution >= 4 is 57.3 Å². The number of anilines is 1. The number of halogens is 3. The Balaban J connectivity index is 1.88. The number of amides is 1. The maximum atomic E-state index is 12.5. The standard InChI is InChI=1S/C17H13Cl3N2O/c1-10(17(23)21-15-9-13(19)2-4-14(15)20)22-7-6-11-8-12(18)3-5-16(11)22/h2-10H,1H3,(H,21,23). The number of fused-ring (bicyclic) bond motifs is 1. The maximum Gasteiger partial charge on any atom is 0.247 e. The highest BCUT2D eigenvalue weighted by Crippen LogP contribution is 2.28. The molecule has 2 aromatic carbocycles. The Labute approximate surface area is 148 Å². The van der Waals surface area contributed by atoms with Crippen molar-refractivity contribution in [3.05, 3.63) is 63.7 Å². The van der Waals surface area contributed by atoms with Crippen LogP contribution in [0.4, 0.5) is 5.69 Å². The van der Waals surface area contributed by atoms with Gasteiger partial charge >= 0.3 is 0 Å². The van der Waals surface area contributed by atoms with Gasteiger partial charge in [-0.3, -0.25) is 4.79 Å². The highest BCUT2D eigenvalue weighted by molar-refractivity contribution is 6.35. The molecule has 0 aliphatic heterocycles. The molecule has 1 amide bonds. The maximum absolute atomic E-state index is 12.5. The van der Waals surface area contributed by atoms with Gasteiger partial charge in [-0.25, -0.2) is 0 Å². The van der Waals surface area contributed by atoms with Crippen LogP contribution in [-0.4, -0.2) is 10.5 Å². The SMILES string of the molecule is CC(C(=O)Nc1cc(Cl)ccc1Cl)n1ccc2cc(Cl)ccc21. The van der Waals surface area contributed by atoms with Crippen LogP contribution in [0.2, 0.25) is 15.1 Å². The summed E-state index contributed by atoms with van der Waals surface area (Å²) in [6.45, 7) is 1.82. The molecule has 1 N–H and O–H groups in total. The Morgan fingerprint density at radius 3 is 2.52 bits per heavy atom. The van der Waals surface area contributed by atoms with Gasteiger partial charge in [0.2, 0.25) is 5.91 Å². The Bertz CT molecular complexity index is 889. The van der Waals surface area contributed by atoms with Gasteiger partial charge < -0.3 is 9.88 Å². The molecule has 3 rings (SSSR count). The Hall–Kier alpha value is -1.68. The zero-order valence-corrected chi connectivity index (χ0v) is 14.5. The third-order valence-electron chi connectivity index (χ3n) is 3.67. The van der Waals surface area contributed by atoms with E-state index in [1.165, 1.54) is 0 Å². The summed E-state index contributed by atoms with van der Waals surface area (Å²) in [4.78, 5) is 12.5. The van der Waals surface area contributed by atoms with Crippen molar-refractivity contribution in [3.63, 3.8) is 0 Å². The molecule has 1 aromatic heterocycles. The molecule has 23 heavy (non-hydrogen) atoms. The van der Waals surface area contributed by atoms with E-state index in [0.29, 0.717) is 20.8 Å². The summed E-state index contributed by atoms with van der Waals surface area (Å²) in [5.74, 6) is -0.179. The minimum absolute atomic E-state index is 0.179. The molecule has 0 saturated heterocycles. The lowest BCUT2D eigenvalue weighted by atomic mass is 10.2. The highest BCUT2D eigenvalue weighted by atomic mass is 35.5. The average molecular weight is 368 g/mol. The fraction of sp³-hybridized carbons (Fsp3) is 0.118. The monoisotopic (exact) mass is 366 g/mol. The zero-order chi connectivity index (χ0) is 16.6. The van der Waals surface area contributed by atoms with E-state index in [1.807, 2.05) is 35.9 Å². The molecule has 6 heteroatoms. The number of hydrogen-bond acceptors (Lipinski definition) is 1. The Morgan fingerprint density at radius 1 is 1.04 bits per heavy atom. The van der Waals surface area contributed by atoms with Crippen molar-refractivity contribution in [2.24, 2.45) is 0 Å². The van der Waals surface area contributed by atoms with Gasteiger partial charge in [-0.1, -0.05) is 34.8 Å². The highest BCUT2D eigenvalue weighted by Gasteiger charge is 2.18. The van der Waals surface area contributed by atoms with Crippen LogP contribution in [0.5, 0.6) is 0 Å². The predicted octanol–water partition coefficient (Wildman–Crippen LogP) is 5.80. The molecule has 0 radical (unpaired) electrons. The van der Waals surface area contributed by atoms with Crippen molar-refractivity contribution in [1.29, 1.82) is 0 Å². The molecule has 118 valence electrons. The first-order chi connectivity index (χ1) is 11.0. The summed E-state index contributed by atoms with van der Waals surface area (Å²) >= 11 is 18.0. The van der Waals surface area contributed by atoms with Crippen molar-refractivity contribution < 1.29 is 4.79 Å². The van der Waals surface area contributed by atoms with Gasteiger partial charge in [0.15, 0.2) is 0 Å². The molecule has 0 spiro atoms. The lowest BCUT2D eigenvalue weighted by molar-refractivity contribution is -0.118. The number of benzene rings is 2. The van der Waals surface area contributed by atoms with Crippen molar-refractivity contribution in [3.8, 4) is 0 Å². The van der Waals surface area contributed by atoms with Gasteiger partial charge in [0.1, 0.15) is 6.04 Å². The molecule has 0 saturated carbocycles. The zero-order valence-electron chi connectivity index (χ0n) is 12.2.